The van der Waals surface area contributed by atoms with E-state index < -0.39 is 0 Å². The molecule has 0 atom stereocenters. The van der Waals surface area contributed by atoms with E-state index in [1.807, 2.05) is 12.1 Å². The molecule has 0 fully saturated rings. The van der Waals surface area contributed by atoms with Crippen LogP contribution < -0.4 is 8.92 Å². The summed E-state index contributed by atoms with van der Waals surface area (Å²) in [7, 11) is 0. The topological polar surface area (TPSA) is 0 Å². The Bertz CT molecular complexity index is 984. The molecule has 0 aliphatic heterocycles. The summed E-state index contributed by atoms with van der Waals surface area (Å²) in [5.74, 6) is 0. The second-order valence-corrected chi connectivity index (χ2v) is 9.13. The first-order chi connectivity index (χ1) is 14.3. The molecule has 29 heavy (non-hydrogen) atoms. The molecule has 1 heteroatoms. The third-order valence-corrected chi connectivity index (χ3v) is 6.66. The average molecular weight is 437 g/mol. The predicted molar refractivity (Wildman–Crippen MR) is 129 cm³/mol. The molecule has 0 amide bonds. The van der Waals surface area contributed by atoms with Crippen molar-refractivity contribution in [2.45, 2.75) is 0 Å². The standard InChI is InChI=1S/C28H22Se/c1-3-7-23(8-4-1)11-13-25-15-19-27(20-16-25)29-28-21-17-26(18-22-28)14-12-24-9-5-2-6-10-24/h1-22H/b13-11+,14-12+. The molecule has 0 unspecified atom stereocenters. The van der Waals surface area contributed by atoms with Crippen LogP contribution in [0.15, 0.2) is 109 Å². The minimum atomic E-state index is 0.323. The Morgan fingerprint density at radius 1 is 0.345 bits per heavy atom. The molecule has 0 spiro atoms. The zero-order valence-corrected chi connectivity index (χ0v) is 17.8. The van der Waals surface area contributed by atoms with Gasteiger partial charge in [0.25, 0.3) is 0 Å². The minimum absolute atomic E-state index is 0.323. The fourth-order valence-electron chi connectivity index (χ4n) is 2.94. The molecular weight excluding hydrogens is 415 g/mol. The Balaban J connectivity index is 1.36. The normalized spacial score (nSPS) is 11.3. The van der Waals surface area contributed by atoms with Gasteiger partial charge >= 0.3 is 180 Å². The Morgan fingerprint density at radius 2 is 0.655 bits per heavy atom. The summed E-state index contributed by atoms with van der Waals surface area (Å²) in [6, 6.07) is 38.6. The molecule has 0 saturated carbocycles. The molecule has 0 saturated heterocycles. The van der Waals surface area contributed by atoms with E-state index in [-0.39, 0.29) is 0 Å². The van der Waals surface area contributed by atoms with Gasteiger partial charge in [-0.25, -0.2) is 0 Å². The molecule has 0 bridgehead atoms. The van der Waals surface area contributed by atoms with E-state index in [1.165, 1.54) is 31.2 Å². The fourth-order valence-corrected chi connectivity index (χ4v) is 4.66. The van der Waals surface area contributed by atoms with Gasteiger partial charge in [0.15, 0.2) is 0 Å². The van der Waals surface area contributed by atoms with Crippen molar-refractivity contribution in [1.29, 1.82) is 0 Å². The van der Waals surface area contributed by atoms with Crippen molar-refractivity contribution < 1.29 is 0 Å². The number of benzene rings is 4. The Hall–Kier alpha value is -3.12. The molecule has 0 aromatic heterocycles. The van der Waals surface area contributed by atoms with Crippen LogP contribution in [0, 0.1) is 0 Å². The number of hydrogen-bond donors (Lipinski definition) is 0. The van der Waals surface area contributed by atoms with Gasteiger partial charge in [-0.1, -0.05) is 0 Å². The second-order valence-electron chi connectivity index (χ2n) is 6.73. The van der Waals surface area contributed by atoms with Crippen LogP contribution in [0.1, 0.15) is 22.3 Å². The molecule has 140 valence electrons. The van der Waals surface area contributed by atoms with E-state index in [0.717, 1.165) is 0 Å². The van der Waals surface area contributed by atoms with Gasteiger partial charge in [-0.15, -0.1) is 0 Å². The van der Waals surface area contributed by atoms with Crippen LogP contribution in [0.2, 0.25) is 0 Å². The second kappa shape index (κ2) is 9.89. The van der Waals surface area contributed by atoms with Crippen LogP contribution in [-0.4, -0.2) is 15.0 Å². The maximum absolute atomic E-state index is 2.24. The van der Waals surface area contributed by atoms with E-state index in [9.17, 15) is 0 Å². The van der Waals surface area contributed by atoms with Crippen LogP contribution in [0.5, 0.6) is 0 Å². The fraction of sp³-hybridized carbons (Fsp3) is 0. The van der Waals surface area contributed by atoms with E-state index in [2.05, 4.69) is 121 Å². The van der Waals surface area contributed by atoms with Gasteiger partial charge in [0.2, 0.25) is 0 Å². The van der Waals surface area contributed by atoms with Gasteiger partial charge in [0.1, 0.15) is 0 Å². The first-order valence-corrected chi connectivity index (χ1v) is 11.4. The summed E-state index contributed by atoms with van der Waals surface area (Å²) in [6.45, 7) is 0. The molecular formula is C28H22Se. The van der Waals surface area contributed by atoms with E-state index >= 15 is 0 Å². The van der Waals surface area contributed by atoms with Crippen LogP contribution in [0.3, 0.4) is 0 Å². The summed E-state index contributed by atoms with van der Waals surface area (Å²) in [6.07, 6.45) is 8.64. The van der Waals surface area contributed by atoms with Crippen molar-refractivity contribution >= 4 is 48.2 Å². The summed E-state index contributed by atoms with van der Waals surface area (Å²) >= 11 is 0.323. The van der Waals surface area contributed by atoms with Crippen LogP contribution >= 0.6 is 0 Å². The van der Waals surface area contributed by atoms with Gasteiger partial charge in [-0.05, 0) is 0 Å². The molecule has 4 aromatic rings. The monoisotopic (exact) mass is 438 g/mol. The predicted octanol–water partition coefficient (Wildman–Crippen LogP) is 5.68. The van der Waals surface area contributed by atoms with Crippen molar-refractivity contribution in [2.24, 2.45) is 0 Å². The summed E-state index contributed by atoms with van der Waals surface area (Å²) < 4.78 is 2.78. The molecule has 4 aromatic carbocycles. The van der Waals surface area contributed by atoms with Crippen molar-refractivity contribution in [1.82, 2.24) is 0 Å². The Morgan fingerprint density at radius 3 is 1.00 bits per heavy atom. The van der Waals surface area contributed by atoms with Crippen LogP contribution in [-0.2, 0) is 0 Å². The number of rotatable bonds is 6. The van der Waals surface area contributed by atoms with Crippen LogP contribution in [0.4, 0.5) is 0 Å². The quantitative estimate of drug-likeness (QED) is 0.269. The maximum atomic E-state index is 2.24. The Kier molecular flexibility index (Phi) is 6.55. The molecule has 0 heterocycles. The van der Waals surface area contributed by atoms with Gasteiger partial charge in [0, 0.05) is 0 Å². The van der Waals surface area contributed by atoms with E-state index in [1.54, 1.807) is 0 Å². The van der Waals surface area contributed by atoms with E-state index in [4.69, 9.17) is 0 Å². The van der Waals surface area contributed by atoms with Crippen molar-refractivity contribution in [3.05, 3.63) is 131 Å². The number of hydrogen-bond acceptors (Lipinski definition) is 0. The van der Waals surface area contributed by atoms with Gasteiger partial charge in [-0.2, -0.15) is 0 Å². The van der Waals surface area contributed by atoms with Gasteiger partial charge < -0.3 is 0 Å². The molecule has 0 nitrogen and oxygen atoms in total. The Labute approximate surface area is 179 Å². The summed E-state index contributed by atoms with van der Waals surface area (Å²) in [5, 5.41) is 0. The molecule has 0 aliphatic rings. The first-order valence-electron chi connectivity index (χ1n) is 9.69. The van der Waals surface area contributed by atoms with Crippen LogP contribution in [0.25, 0.3) is 24.3 Å². The third kappa shape index (κ3) is 5.93. The first kappa shape index (κ1) is 19.2. The SMILES string of the molecule is C(=C\c1ccc([Se]c2ccc(/C=C/c3ccccc3)cc2)cc1)/c1ccccc1. The molecule has 4 rings (SSSR count). The third-order valence-electron chi connectivity index (χ3n) is 4.53. The molecule has 0 aliphatic carbocycles. The average Bonchev–Trinajstić information content (AvgIpc) is 2.80. The van der Waals surface area contributed by atoms with Crippen molar-refractivity contribution in [3.8, 4) is 0 Å². The van der Waals surface area contributed by atoms with Gasteiger partial charge in [0.05, 0.1) is 0 Å². The molecule has 0 radical (unpaired) electrons. The molecule has 0 N–H and O–H groups in total. The zero-order valence-electron chi connectivity index (χ0n) is 16.1. The van der Waals surface area contributed by atoms with E-state index in [0.29, 0.717) is 15.0 Å². The summed E-state index contributed by atoms with van der Waals surface area (Å²) in [4.78, 5) is 0. The zero-order chi connectivity index (χ0) is 19.7. The van der Waals surface area contributed by atoms with Crippen molar-refractivity contribution in [3.63, 3.8) is 0 Å². The summed E-state index contributed by atoms with van der Waals surface area (Å²) in [5.41, 5.74) is 4.91. The van der Waals surface area contributed by atoms with Gasteiger partial charge in [-0.3, -0.25) is 0 Å². The van der Waals surface area contributed by atoms with Crippen molar-refractivity contribution in [2.75, 3.05) is 0 Å².